The van der Waals surface area contributed by atoms with Crippen LogP contribution >= 0.6 is 0 Å². The number of amides is 4. The number of likely N-dealkylation sites (N-methyl/N-ethyl adjacent to an activating group) is 2. The molecular formula is C89H116N18O10S3. The van der Waals surface area contributed by atoms with Crippen molar-refractivity contribution in [2.75, 3.05) is 124 Å². The summed E-state index contributed by atoms with van der Waals surface area (Å²) in [4.78, 5) is 92.2. The van der Waals surface area contributed by atoms with Gasteiger partial charge in [0.2, 0.25) is 38.3 Å². The van der Waals surface area contributed by atoms with Crippen LogP contribution in [-0.4, -0.2) is 171 Å². The standard InChI is InChI=1S/C11H14N2O2.C11H14N2O.C10H14N2O2S.2C10H12N2O.C10H14N2.C9H12N2O2S.C9H12N2OS.C9H12N2/c1-11(2)7-13(10(14)15-3)9-8(11)5-4-6-12-9;1-8(14)13-7-11(2,3)9-5-4-6-12-10(9)13;1-10(2)7-12(15(3,13)14)9-8(10)5-4-6-11-9;1-10(2)7-5-4-6-11-8(7)12(3)9(10)13;1-10(2)6-12(7-13)9-8(10)4-3-5-11-9;1-10(2)7-12(3)9-8(10)5-4-6-11-9;1-9(2)7-5-4-6-10-8(7)11(3)14(9,12)13;1-9(2)7-5-4-6-10-8(7)11(3)13(9)12;1-9(2)6-11-8-7(9)4-3-5-10-8/h4-6H,7H2,1-3H3;4-6H,7H2,1-3H3;4-6H,7H2,1-3H3;4-6H,1-3H3;3-5,7H,6H2,1-2H3;4-6H,7H2,1-3H3;4-6H,1-3H3;4-6H,1-3H3;3-5H,6H2,1-2H3,(H,10,11). The number of sulfonamides is 2. The largest absolute Gasteiger partial charge is 0.452 e. The number of hydrogen-bond donors (Lipinski definition) is 1. The van der Waals surface area contributed by atoms with E-state index < -0.39 is 41.2 Å². The molecule has 31 heteroatoms. The lowest BCUT2D eigenvalue weighted by Crippen LogP contribution is -2.34. The molecular weight excluding hydrogens is 1580 g/mol. The van der Waals surface area contributed by atoms with Gasteiger partial charge in [0.15, 0.2) is 0 Å². The van der Waals surface area contributed by atoms with Crippen molar-refractivity contribution in [3.05, 3.63) is 215 Å². The number of nitrogens with one attached hydrogen (secondary N) is 1. The first-order valence-corrected chi connectivity index (χ1v) is 44.1. The third-order valence-electron chi connectivity index (χ3n) is 23.1. The van der Waals surface area contributed by atoms with E-state index in [1.165, 1.54) is 40.2 Å². The second kappa shape index (κ2) is 34.3. The molecule has 0 aliphatic carbocycles. The summed E-state index contributed by atoms with van der Waals surface area (Å²) >= 11 is 0. The summed E-state index contributed by atoms with van der Waals surface area (Å²) in [5.74, 6) is 7.46. The Morgan fingerprint density at radius 3 is 1.29 bits per heavy atom. The zero-order chi connectivity index (χ0) is 88.6. The van der Waals surface area contributed by atoms with Crippen LogP contribution in [0.4, 0.5) is 57.2 Å². The molecule has 1 N–H and O–H groups in total. The van der Waals surface area contributed by atoms with Crippen LogP contribution in [0.15, 0.2) is 165 Å². The highest BCUT2D eigenvalue weighted by molar-refractivity contribution is 7.94. The second-order valence-corrected chi connectivity index (χ2v) is 42.8. The van der Waals surface area contributed by atoms with E-state index >= 15 is 0 Å². The average Bonchev–Trinajstić information content (AvgIpc) is 1.58. The SMILES string of the molecule is CC(=O)N1CC(C)(C)c2cccnc21.CC1(C)CN(C=O)c2ncccc21.CC1(C)CN(S(C)(=O)=O)c2ncccc21.CC1(C)CNc2ncccc21.CN1C(=O)C(C)(C)c2cccnc21.CN1CC(C)(C)c2cccnc21.CN1c2ncccc2C(C)(C)S1(=O)=O.CN1c2ncccc2C(C)(C)S1=O.COC(=O)N1CC(C)(C)c2cccnc21. The molecule has 1 atom stereocenters. The van der Waals surface area contributed by atoms with Gasteiger partial charge in [-0.3, -0.25) is 46.9 Å². The van der Waals surface area contributed by atoms with Gasteiger partial charge in [-0.15, -0.1) is 0 Å². The number of nitrogens with zero attached hydrogens (tertiary/aromatic N) is 17. The number of pyridine rings is 9. The highest BCUT2D eigenvalue weighted by Gasteiger charge is 2.50. The number of methoxy groups -OCH3 is 1. The van der Waals surface area contributed by atoms with Crippen LogP contribution in [0.5, 0.6) is 0 Å². The maximum atomic E-state index is 12.0. The van der Waals surface area contributed by atoms with Gasteiger partial charge in [0.05, 0.1) is 23.5 Å². The third kappa shape index (κ3) is 18.1. The van der Waals surface area contributed by atoms with Gasteiger partial charge in [-0.2, -0.15) is 0 Å². The maximum absolute atomic E-state index is 12.0. The van der Waals surface area contributed by atoms with Crippen molar-refractivity contribution < 1.29 is 45.0 Å². The number of aromatic nitrogens is 9. The van der Waals surface area contributed by atoms with Gasteiger partial charge < -0.3 is 15.0 Å². The first kappa shape index (κ1) is 91.4. The Labute approximate surface area is 710 Å². The van der Waals surface area contributed by atoms with Gasteiger partial charge >= 0.3 is 6.09 Å². The number of anilines is 9. The predicted octanol–water partition coefficient (Wildman–Crippen LogP) is 13.6. The smallest absolute Gasteiger partial charge is 0.415 e. The normalized spacial score (nSPS) is 19.6. The van der Waals surface area contributed by atoms with Crippen molar-refractivity contribution in [2.24, 2.45) is 0 Å². The summed E-state index contributed by atoms with van der Waals surface area (Å²) in [6.45, 7) is 43.2. The van der Waals surface area contributed by atoms with E-state index in [9.17, 15) is 40.2 Å². The first-order valence-electron chi connectivity index (χ1n) is 39.7. The number of carbonyl (C=O) groups is 4. The van der Waals surface area contributed by atoms with E-state index in [2.05, 4.69) is 143 Å². The maximum Gasteiger partial charge on any atom is 0.415 e. The second-order valence-electron chi connectivity index (χ2n) is 36.3. The Hall–Kier alpha value is -10.9. The first-order chi connectivity index (χ1) is 55.8. The molecule has 9 aromatic rings. The predicted molar refractivity (Wildman–Crippen MR) is 478 cm³/mol. The van der Waals surface area contributed by atoms with Crippen LogP contribution in [-0.2, 0) is 97.6 Å². The van der Waals surface area contributed by atoms with E-state index in [1.54, 1.807) is 101 Å². The van der Waals surface area contributed by atoms with Crippen molar-refractivity contribution in [1.82, 2.24) is 44.9 Å². The van der Waals surface area contributed by atoms with Crippen molar-refractivity contribution in [2.45, 2.75) is 179 Å². The Kier molecular flexibility index (Phi) is 26.1. The molecule has 640 valence electrons. The van der Waals surface area contributed by atoms with Crippen LogP contribution in [0.3, 0.4) is 0 Å². The van der Waals surface area contributed by atoms with Crippen molar-refractivity contribution in [3.63, 3.8) is 0 Å². The topological polar surface area (TPSA) is 317 Å². The molecule has 0 saturated heterocycles. The minimum absolute atomic E-state index is 0.0231. The number of fused-ring (bicyclic) bond motifs is 9. The van der Waals surface area contributed by atoms with E-state index in [4.69, 9.17) is 4.74 Å². The highest BCUT2D eigenvalue weighted by Crippen LogP contribution is 2.47. The minimum atomic E-state index is -3.29. The van der Waals surface area contributed by atoms with Crippen LogP contribution < -0.4 is 42.7 Å². The summed E-state index contributed by atoms with van der Waals surface area (Å²) in [7, 11) is 1.09. The number of hydrogen-bond acceptors (Lipinski definition) is 21. The minimum Gasteiger partial charge on any atom is -0.452 e. The molecule has 18 rings (SSSR count). The number of rotatable bonds is 2. The molecule has 0 spiro atoms. The number of carbonyl (C=O) groups excluding carboxylic acids is 4. The Bertz CT molecular complexity index is 5500. The molecule has 9 aliphatic rings. The molecule has 0 aromatic carbocycles. The van der Waals surface area contributed by atoms with Gasteiger partial charge in [0.25, 0.3) is 0 Å². The van der Waals surface area contributed by atoms with Crippen LogP contribution in [0.1, 0.15) is 182 Å². The fourth-order valence-electron chi connectivity index (χ4n) is 16.3. The monoisotopic (exact) mass is 1690 g/mol. The van der Waals surface area contributed by atoms with Gasteiger partial charge in [0, 0.05) is 213 Å². The Balaban J connectivity index is 0.000000142. The fraction of sp³-hybridized carbons (Fsp3) is 0.449. The molecule has 28 nitrogen and oxygen atoms in total. The lowest BCUT2D eigenvalue weighted by atomic mass is 9.87. The lowest BCUT2D eigenvalue weighted by Gasteiger charge is -2.19. The summed E-state index contributed by atoms with van der Waals surface area (Å²) in [6, 6.07) is 35.2. The zero-order valence-electron chi connectivity index (χ0n) is 73.8. The van der Waals surface area contributed by atoms with Gasteiger partial charge in [-0.1, -0.05) is 138 Å². The van der Waals surface area contributed by atoms with Crippen molar-refractivity contribution in [3.8, 4) is 0 Å². The molecule has 9 aliphatic heterocycles. The van der Waals surface area contributed by atoms with Crippen molar-refractivity contribution >= 4 is 108 Å². The van der Waals surface area contributed by atoms with E-state index in [1.807, 2.05) is 152 Å². The van der Waals surface area contributed by atoms with E-state index in [0.717, 1.165) is 106 Å². The molecule has 0 saturated carbocycles. The van der Waals surface area contributed by atoms with Crippen LogP contribution in [0.2, 0.25) is 0 Å². The molecule has 4 amide bonds. The molecule has 0 bridgehead atoms. The summed E-state index contributed by atoms with van der Waals surface area (Å²) in [5, 5.41) is 3.28. The number of ether oxygens (including phenoxy) is 1. The summed E-state index contributed by atoms with van der Waals surface area (Å²) in [6.07, 6.45) is 17.2. The Morgan fingerprint density at radius 2 is 0.833 bits per heavy atom. The summed E-state index contributed by atoms with van der Waals surface area (Å²) in [5.41, 5.74) is 9.89. The lowest BCUT2D eigenvalue weighted by molar-refractivity contribution is -0.121. The van der Waals surface area contributed by atoms with E-state index in [-0.39, 0.29) is 55.1 Å². The van der Waals surface area contributed by atoms with E-state index in [0.29, 0.717) is 30.5 Å². The molecule has 1 unspecified atom stereocenters. The fourth-order valence-corrected chi connectivity index (χ4v) is 20.1. The van der Waals surface area contributed by atoms with Gasteiger partial charge in [-0.05, 0) is 96.1 Å². The van der Waals surface area contributed by atoms with Crippen LogP contribution in [0.25, 0.3) is 0 Å². The molecule has 120 heavy (non-hydrogen) atoms. The molecule has 0 radical (unpaired) electrons. The van der Waals surface area contributed by atoms with Gasteiger partial charge in [-0.25, -0.2) is 70.7 Å². The molecule has 18 heterocycles. The molecule has 9 aromatic heterocycles. The quantitative estimate of drug-likeness (QED) is 0.157. The highest BCUT2D eigenvalue weighted by atomic mass is 32.2. The van der Waals surface area contributed by atoms with Crippen LogP contribution in [0, 0.1) is 0 Å². The summed E-state index contributed by atoms with van der Waals surface area (Å²) < 4.78 is 66.9. The zero-order valence-corrected chi connectivity index (χ0v) is 76.3. The molecule has 0 fully saturated rings. The average molecular weight is 1690 g/mol. The van der Waals surface area contributed by atoms with Crippen molar-refractivity contribution in [1.29, 1.82) is 0 Å². The third-order valence-corrected chi connectivity index (χ3v) is 28.4. The van der Waals surface area contributed by atoms with Gasteiger partial charge in [0.1, 0.15) is 68.1 Å². The Morgan fingerprint density at radius 1 is 0.458 bits per heavy atom.